The largest absolute Gasteiger partial charge is 0.371 e. The second-order valence-electron chi connectivity index (χ2n) is 5.43. The van der Waals surface area contributed by atoms with E-state index < -0.39 is 0 Å². The van der Waals surface area contributed by atoms with Gasteiger partial charge >= 0.3 is 0 Å². The Hall–Kier alpha value is -1.51. The van der Waals surface area contributed by atoms with Crippen LogP contribution in [-0.2, 0) is 4.79 Å². The zero-order chi connectivity index (χ0) is 13.1. The third-order valence-electron chi connectivity index (χ3n) is 3.75. The molecule has 0 saturated carbocycles. The van der Waals surface area contributed by atoms with E-state index in [1.54, 1.807) is 0 Å². The van der Waals surface area contributed by atoms with Gasteiger partial charge in [-0.05, 0) is 36.5 Å². The van der Waals surface area contributed by atoms with Crippen LogP contribution in [0.1, 0.15) is 38.2 Å². The highest BCUT2D eigenvalue weighted by Crippen LogP contribution is 2.25. The predicted octanol–water partition coefficient (Wildman–Crippen LogP) is 2.51. The van der Waals surface area contributed by atoms with E-state index >= 15 is 0 Å². The standard InChI is InChI=1S/C15H22N2O/c1-11(2)12-5-7-14(8-6-12)17-9-3-4-13(10-17)15(16)18/h5-8,11,13H,3-4,9-10H2,1-2H3,(H2,16,18). The van der Waals surface area contributed by atoms with Crippen molar-refractivity contribution in [3.63, 3.8) is 0 Å². The molecule has 1 atom stereocenters. The SMILES string of the molecule is CC(C)c1ccc(N2CCCC(C(N)=O)C2)cc1. The monoisotopic (exact) mass is 246 g/mol. The Kier molecular flexibility index (Phi) is 3.90. The van der Waals surface area contributed by atoms with Gasteiger partial charge in [-0.2, -0.15) is 0 Å². The number of carbonyl (C=O) groups excluding carboxylic acids is 1. The van der Waals surface area contributed by atoms with Crippen molar-refractivity contribution >= 4 is 11.6 Å². The van der Waals surface area contributed by atoms with E-state index in [1.165, 1.54) is 11.3 Å². The fourth-order valence-corrected chi connectivity index (χ4v) is 2.51. The summed E-state index contributed by atoms with van der Waals surface area (Å²) in [4.78, 5) is 13.5. The molecule has 0 spiro atoms. The summed E-state index contributed by atoms with van der Waals surface area (Å²) < 4.78 is 0. The van der Waals surface area contributed by atoms with E-state index in [9.17, 15) is 4.79 Å². The highest BCUT2D eigenvalue weighted by atomic mass is 16.1. The first-order valence-corrected chi connectivity index (χ1v) is 6.72. The molecular weight excluding hydrogens is 224 g/mol. The summed E-state index contributed by atoms with van der Waals surface area (Å²) in [7, 11) is 0. The van der Waals surface area contributed by atoms with Crippen LogP contribution >= 0.6 is 0 Å². The molecule has 18 heavy (non-hydrogen) atoms. The van der Waals surface area contributed by atoms with Crippen molar-refractivity contribution in [2.45, 2.75) is 32.6 Å². The van der Waals surface area contributed by atoms with Crippen LogP contribution < -0.4 is 10.6 Å². The molecule has 1 aliphatic heterocycles. The normalized spacial score (nSPS) is 20.2. The summed E-state index contributed by atoms with van der Waals surface area (Å²) in [5, 5.41) is 0. The molecule has 1 fully saturated rings. The molecule has 1 amide bonds. The van der Waals surface area contributed by atoms with Crippen LogP contribution in [0.3, 0.4) is 0 Å². The lowest BCUT2D eigenvalue weighted by molar-refractivity contribution is -0.122. The number of hydrogen-bond acceptors (Lipinski definition) is 2. The first-order chi connectivity index (χ1) is 8.58. The molecule has 0 bridgehead atoms. The molecule has 1 saturated heterocycles. The van der Waals surface area contributed by atoms with Gasteiger partial charge in [-0.3, -0.25) is 4.79 Å². The number of hydrogen-bond donors (Lipinski definition) is 1. The van der Waals surface area contributed by atoms with Gasteiger partial charge in [0.2, 0.25) is 5.91 Å². The molecular formula is C15H22N2O. The third kappa shape index (κ3) is 2.84. The number of piperidine rings is 1. The average molecular weight is 246 g/mol. The van der Waals surface area contributed by atoms with Crippen LogP contribution in [0.4, 0.5) is 5.69 Å². The number of rotatable bonds is 3. The number of primary amides is 1. The van der Waals surface area contributed by atoms with Gasteiger partial charge in [0.1, 0.15) is 0 Å². The van der Waals surface area contributed by atoms with Crippen molar-refractivity contribution in [2.24, 2.45) is 11.7 Å². The Morgan fingerprint density at radius 1 is 1.33 bits per heavy atom. The van der Waals surface area contributed by atoms with Crippen molar-refractivity contribution in [3.8, 4) is 0 Å². The van der Waals surface area contributed by atoms with Gasteiger partial charge in [-0.1, -0.05) is 26.0 Å². The van der Waals surface area contributed by atoms with E-state index in [0.717, 1.165) is 25.9 Å². The van der Waals surface area contributed by atoms with Gasteiger partial charge in [0.15, 0.2) is 0 Å². The number of benzene rings is 1. The molecule has 3 heteroatoms. The van der Waals surface area contributed by atoms with Crippen LogP contribution in [0.15, 0.2) is 24.3 Å². The molecule has 1 aromatic rings. The lowest BCUT2D eigenvalue weighted by atomic mass is 9.96. The second-order valence-corrected chi connectivity index (χ2v) is 5.43. The number of amides is 1. The third-order valence-corrected chi connectivity index (χ3v) is 3.75. The molecule has 3 nitrogen and oxygen atoms in total. The molecule has 1 heterocycles. The topological polar surface area (TPSA) is 46.3 Å². The summed E-state index contributed by atoms with van der Waals surface area (Å²) in [5.41, 5.74) is 7.95. The predicted molar refractivity (Wildman–Crippen MR) is 74.7 cm³/mol. The number of anilines is 1. The Morgan fingerprint density at radius 2 is 2.00 bits per heavy atom. The maximum atomic E-state index is 11.3. The van der Waals surface area contributed by atoms with Crippen LogP contribution in [0.2, 0.25) is 0 Å². The van der Waals surface area contributed by atoms with Gasteiger partial charge in [0.25, 0.3) is 0 Å². The lowest BCUT2D eigenvalue weighted by Gasteiger charge is -2.33. The Labute approximate surface area is 109 Å². The van der Waals surface area contributed by atoms with Crippen LogP contribution in [0.25, 0.3) is 0 Å². The van der Waals surface area contributed by atoms with Crippen molar-refractivity contribution < 1.29 is 4.79 Å². The smallest absolute Gasteiger partial charge is 0.222 e. The molecule has 2 rings (SSSR count). The lowest BCUT2D eigenvalue weighted by Crippen LogP contribution is -2.41. The molecule has 0 aliphatic carbocycles. The van der Waals surface area contributed by atoms with Gasteiger partial charge in [0.05, 0.1) is 5.92 Å². The molecule has 1 aromatic carbocycles. The number of carbonyl (C=O) groups is 1. The Morgan fingerprint density at radius 3 is 2.56 bits per heavy atom. The fourth-order valence-electron chi connectivity index (χ4n) is 2.51. The van der Waals surface area contributed by atoms with Crippen molar-refractivity contribution in [1.29, 1.82) is 0 Å². The summed E-state index contributed by atoms with van der Waals surface area (Å²) in [6.07, 6.45) is 1.97. The van der Waals surface area contributed by atoms with E-state index in [1.807, 2.05) is 0 Å². The highest BCUT2D eigenvalue weighted by molar-refractivity contribution is 5.77. The van der Waals surface area contributed by atoms with Crippen LogP contribution in [0.5, 0.6) is 0 Å². The second kappa shape index (κ2) is 5.42. The van der Waals surface area contributed by atoms with Crippen LogP contribution in [-0.4, -0.2) is 19.0 Å². The van der Waals surface area contributed by atoms with Gasteiger partial charge < -0.3 is 10.6 Å². The van der Waals surface area contributed by atoms with Gasteiger partial charge in [-0.25, -0.2) is 0 Å². The van der Waals surface area contributed by atoms with E-state index in [4.69, 9.17) is 5.73 Å². The summed E-state index contributed by atoms with van der Waals surface area (Å²) >= 11 is 0. The average Bonchev–Trinajstić information content (AvgIpc) is 2.39. The van der Waals surface area contributed by atoms with Gasteiger partial charge in [0, 0.05) is 18.8 Å². The number of nitrogens with two attached hydrogens (primary N) is 1. The molecule has 98 valence electrons. The molecule has 1 unspecified atom stereocenters. The Bertz CT molecular complexity index is 411. The molecule has 0 radical (unpaired) electrons. The van der Waals surface area contributed by atoms with Crippen molar-refractivity contribution in [1.82, 2.24) is 0 Å². The number of nitrogens with zero attached hydrogens (tertiary/aromatic N) is 1. The highest BCUT2D eigenvalue weighted by Gasteiger charge is 2.23. The maximum absolute atomic E-state index is 11.3. The van der Waals surface area contributed by atoms with Crippen LogP contribution in [0, 0.1) is 5.92 Å². The first-order valence-electron chi connectivity index (χ1n) is 6.72. The van der Waals surface area contributed by atoms with E-state index in [0.29, 0.717) is 5.92 Å². The Balaban J connectivity index is 2.09. The summed E-state index contributed by atoms with van der Waals surface area (Å²) in [6, 6.07) is 8.65. The van der Waals surface area contributed by atoms with Crippen molar-refractivity contribution in [2.75, 3.05) is 18.0 Å². The minimum Gasteiger partial charge on any atom is -0.371 e. The van der Waals surface area contributed by atoms with E-state index in [2.05, 4.69) is 43.0 Å². The molecule has 0 aromatic heterocycles. The maximum Gasteiger partial charge on any atom is 0.222 e. The van der Waals surface area contributed by atoms with E-state index in [-0.39, 0.29) is 11.8 Å². The quantitative estimate of drug-likeness (QED) is 0.890. The minimum atomic E-state index is -0.168. The molecule has 2 N–H and O–H groups in total. The summed E-state index contributed by atoms with van der Waals surface area (Å²) in [5.74, 6) is 0.390. The minimum absolute atomic E-state index is 0.00326. The van der Waals surface area contributed by atoms with Crippen molar-refractivity contribution in [3.05, 3.63) is 29.8 Å². The fraction of sp³-hybridized carbons (Fsp3) is 0.533. The molecule has 1 aliphatic rings. The summed E-state index contributed by atoms with van der Waals surface area (Å²) in [6.45, 7) is 6.17. The zero-order valence-electron chi connectivity index (χ0n) is 11.2. The zero-order valence-corrected chi connectivity index (χ0v) is 11.2. The first kappa shape index (κ1) is 12.9. The van der Waals surface area contributed by atoms with Gasteiger partial charge in [-0.15, -0.1) is 0 Å².